The molecule has 0 aliphatic carbocycles. The normalized spacial score (nSPS) is 19.4. The van der Waals surface area contributed by atoms with Crippen molar-refractivity contribution in [2.45, 2.75) is 32.1 Å². The monoisotopic (exact) mass is 413 g/mol. The molecule has 1 aromatic carbocycles. The molecule has 0 atom stereocenters. The van der Waals surface area contributed by atoms with Crippen molar-refractivity contribution in [3.8, 4) is 17.1 Å². The largest absolute Gasteiger partial charge is 0.497 e. The Morgan fingerprint density at radius 2 is 1.90 bits per heavy atom. The standard InChI is InChI=1S/C23H31N3O4/c1-28-19-7-5-18(6-8-19)21-15-20(25-30-21)22(27)24-16-23(9-13-29-14-10-23)17-26-11-3-2-4-12-26/h5-8,15H,2-4,9-14,16-17H2,1H3,(H,24,27). The topological polar surface area (TPSA) is 76.8 Å². The molecule has 162 valence electrons. The predicted molar refractivity (Wildman–Crippen MR) is 114 cm³/mol. The van der Waals surface area contributed by atoms with Crippen LogP contribution in [0.15, 0.2) is 34.9 Å². The second kappa shape index (κ2) is 9.62. The summed E-state index contributed by atoms with van der Waals surface area (Å²) in [6, 6.07) is 9.17. The molecule has 0 bridgehead atoms. The number of nitrogens with one attached hydrogen (secondary N) is 1. The number of benzene rings is 1. The fraction of sp³-hybridized carbons (Fsp3) is 0.565. The highest BCUT2D eigenvalue weighted by Gasteiger charge is 2.35. The number of ether oxygens (including phenoxy) is 2. The van der Waals surface area contributed by atoms with Gasteiger partial charge in [0.05, 0.1) is 7.11 Å². The molecule has 0 radical (unpaired) electrons. The van der Waals surface area contributed by atoms with E-state index in [4.69, 9.17) is 14.0 Å². The second-order valence-corrected chi connectivity index (χ2v) is 8.44. The van der Waals surface area contributed by atoms with Crippen LogP contribution in [0, 0.1) is 5.41 Å². The Bertz CT molecular complexity index is 821. The van der Waals surface area contributed by atoms with Gasteiger partial charge in [-0.25, -0.2) is 0 Å². The van der Waals surface area contributed by atoms with E-state index in [9.17, 15) is 4.79 Å². The molecule has 0 spiro atoms. The molecule has 1 aromatic heterocycles. The van der Waals surface area contributed by atoms with Gasteiger partial charge in [-0.15, -0.1) is 0 Å². The predicted octanol–water partition coefficient (Wildman–Crippen LogP) is 3.36. The number of hydrogen-bond donors (Lipinski definition) is 1. The van der Waals surface area contributed by atoms with Gasteiger partial charge in [-0.1, -0.05) is 11.6 Å². The Balaban J connectivity index is 1.38. The van der Waals surface area contributed by atoms with Crippen LogP contribution in [0.5, 0.6) is 5.75 Å². The number of carbonyl (C=O) groups is 1. The summed E-state index contributed by atoms with van der Waals surface area (Å²) >= 11 is 0. The Morgan fingerprint density at radius 3 is 2.60 bits per heavy atom. The number of rotatable bonds is 7. The third kappa shape index (κ3) is 5.02. The minimum absolute atomic E-state index is 0.0633. The van der Waals surface area contributed by atoms with Crippen LogP contribution >= 0.6 is 0 Å². The number of nitrogens with zero attached hydrogens (tertiary/aromatic N) is 2. The number of likely N-dealkylation sites (tertiary alicyclic amines) is 1. The van der Waals surface area contributed by atoms with Gasteiger partial charge in [-0.05, 0) is 63.0 Å². The highest BCUT2D eigenvalue weighted by atomic mass is 16.5. The highest BCUT2D eigenvalue weighted by molar-refractivity contribution is 5.93. The van der Waals surface area contributed by atoms with E-state index in [1.54, 1.807) is 13.2 Å². The molecule has 2 aromatic rings. The molecule has 7 nitrogen and oxygen atoms in total. The van der Waals surface area contributed by atoms with Gasteiger partial charge in [-0.2, -0.15) is 0 Å². The molecule has 0 saturated carbocycles. The average Bonchev–Trinajstić information content (AvgIpc) is 3.29. The molecular weight excluding hydrogens is 382 g/mol. The Hall–Kier alpha value is -2.38. The van der Waals surface area contributed by atoms with Gasteiger partial charge in [0, 0.05) is 43.3 Å². The summed E-state index contributed by atoms with van der Waals surface area (Å²) in [5, 5.41) is 7.10. The van der Waals surface area contributed by atoms with Crippen LogP contribution in [0.4, 0.5) is 0 Å². The zero-order valence-electron chi connectivity index (χ0n) is 17.7. The summed E-state index contributed by atoms with van der Waals surface area (Å²) in [6.45, 7) is 5.49. The van der Waals surface area contributed by atoms with Crippen molar-refractivity contribution in [3.05, 3.63) is 36.0 Å². The molecule has 2 saturated heterocycles. The summed E-state index contributed by atoms with van der Waals surface area (Å²) < 4.78 is 16.2. The van der Waals surface area contributed by atoms with E-state index in [0.717, 1.165) is 57.0 Å². The van der Waals surface area contributed by atoms with E-state index in [-0.39, 0.29) is 11.3 Å². The number of carbonyl (C=O) groups excluding carboxylic acids is 1. The van der Waals surface area contributed by atoms with Crippen LogP contribution in [0.3, 0.4) is 0 Å². The quantitative estimate of drug-likeness (QED) is 0.750. The fourth-order valence-corrected chi connectivity index (χ4v) is 4.42. The van der Waals surface area contributed by atoms with Crippen molar-refractivity contribution in [1.29, 1.82) is 0 Å². The fourth-order valence-electron chi connectivity index (χ4n) is 4.42. The smallest absolute Gasteiger partial charge is 0.273 e. The molecule has 1 amide bonds. The first-order valence-corrected chi connectivity index (χ1v) is 10.9. The van der Waals surface area contributed by atoms with Crippen LogP contribution in [0.2, 0.25) is 0 Å². The van der Waals surface area contributed by atoms with E-state index in [1.165, 1.54) is 19.3 Å². The van der Waals surface area contributed by atoms with Gasteiger partial charge in [0.1, 0.15) is 5.75 Å². The molecule has 3 heterocycles. The molecular formula is C23H31N3O4. The van der Waals surface area contributed by atoms with Gasteiger partial charge in [0.15, 0.2) is 11.5 Å². The van der Waals surface area contributed by atoms with E-state index in [2.05, 4.69) is 15.4 Å². The number of methoxy groups -OCH3 is 1. The molecule has 1 N–H and O–H groups in total. The van der Waals surface area contributed by atoms with Crippen molar-refractivity contribution in [2.24, 2.45) is 5.41 Å². The summed E-state index contributed by atoms with van der Waals surface area (Å²) in [5.74, 6) is 1.15. The minimum Gasteiger partial charge on any atom is -0.497 e. The average molecular weight is 414 g/mol. The summed E-state index contributed by atoms with van der Waals surface area (Å²) in [6.07, 6.45) is 5.81. The number of hydrogen-bond acceptors (Lipinski definition) is 6. The van der Waals surface area contributed by atoms with Gasteiger partial charge in [0.25, 0.3) is 5.91 Å². The minimum atomic E-state index is -0.192. The van der Waals surface area contributed by atoms with E-state index in [0.29, 0.717) is 18.0 Å². The van der Waals surface area contributed by atoms with Crippen LogP contribution in [-0.2, 0) is 4.74 Å². The van der Waals surface area contributed by atoms with Crippen molar-refractivity contribution < 1.29 is 18.8 Å². The Morgan fingerprint density at radius 1 is 1.17 bits per heavy atom. The van der Waals surface area contributed by atoms with E-state index in [1.807, 2.05) is 24.3 Å². The first-order chi connectivity index (χ1) is 14.7. The van der Waals surface area contributed by atoms with Gasteiger partial charge >= 0.3 is 0 Å². The number of piperidine rings is 1. The second-order valence-electron chi connectivity index (χ2n) is 8.44. The maximum atomic E-state index is 12.8. The van der Waals surface area contributed by atoms with Crippen LogP contribution in [-0.4, -0.2) is 62.5 Å². The van der Waals surface area contributed by atoms with Gasteiger partial charge in [0.2, 0.25) is 0 Å². The first-order valence-electron chi connectivity index (χ1n) is 10.9. The van der Waals surface area contributed by atoms with Gasteiger partial charge in [-0.3, -0.25) is 4.79 Å². The maximum Gasteiger partial charge on any atom is 0.273 e. The van der Waals surface area contributed by atoms with Crippen molar-refractivity contribution in [1.82, 2.24) is 15.4 Å². The first kappa shape index (κ1) is 20.9. The van der Waals surface area contributed by atoms with Crippen molar-refractivity contribution >= 4 is 5.91 Å². The van der Waals surface area contributed by atoms with Crippen LogP contribution < -0.4 is 10.1 Å². The lowest BCUT2D eigenvalue weighted by atomic mass is 9.79. The zero-order chi connectivity index (χ0) is 20.8. The molecule has 2 aliphatic heterocycles. The Kier molecular flexibility index (Phi) is 6.69. The van der Waals surface area contributed by atoms with Crippen LogP contribution in [0.1, 0.15) is 42.6 Å². The third-order valence-electron chi connectivity index (χ3n) is 6.30. The van der Waals surface area contributed by atoms with Crippen molar-refractivity contribution in [3.63, 3.8) is 0 Å². The summed E-state index contributed by atoms with van der Waals surface area (Å²) in [4.78, 5) is 15.3. The lowest BCUT2D eigenvalue weighted by Gasteiger charge is -2.42. The lowest BCUT2D eigenvalue weighted by Crippen LogP contribution is -2.49. The molecule has 0 unspecified atom stereocenters. The van der Waals surface area contributed by atoms with E-state index >= 15 is 0 Å². The number of aromatic nitrogens is 1. The molecule has 2 aliphatic rings. The van der Waals surface area contributed by atoms with Gasteiger partial charge < -0.3 is 24.2 Å². The SMILES string of the molecule is COc1ccc(-c2cc(C(=O)NCC3(CN4CCCCC4)CCOCC3)no2)cc1. The lowest BCUT2D eigenvalue weighted by molar-refractivity contribution is -0.00675. The summed E-state index contributed by atoms with van der Waals surface area (Å²) in [5.41, 5.74) is 1.22. The van der Waals surface area contributed by atoms with Crippen molar-refractivity contribution in [2.75, 3.05) is 46.5 Å². The number of amides is 1. The Labute approximate surface area is 177 Å². The molecule has 4 rings (SSSR count). The maximum absolute atomic E-state index is 12.8. The summed E-state index contributed by atoms with van der Waals surface area (Å²) in [7, 11) is 1.63. The molecule has 2 fully saturated rings. The van der Waals surface area contributed by atoms with E-state index < -0.39 is 0 Å². The highest BCUT2D eigenvalue weighted by Crippen LogP contribution is 2.32. The van der Waals surface area contributed by atoms with Crippen LogP contribution in [0.25, 0.3) is 11.3 Å². The zero-order valence-corrected chi connectivity index (χ0v) is 17.7. The third-order valence-corrected chi connectivity index (χ3v) is 6.30. The molecule has 30 heavy (non-hydrogen) atoms. The molecule has 7 heteroatoms.